The lowest BCUT2D eigenvalue weighted by Crippen LogP contribution is -2.27. The van der Waals surface area contributed by atoms with Gasteiger partial charge >= 0.3 is 0 Å². The number of H-pyrrole nitrogens is 1. The van der Waals surface area contributed by atoms with Crippen molar-refractivity contribution in [3.8, 4) is 0 Å². The van der Waals surface area contributed by atoms with Crippen LogP contribution in [0.2, 0.25) is 0 Å². The second kappa shape index (κ2) is 15.2. The van der Waals surface area contributed by atoms with Gasteiger partial charge in [0, 0.05) is 51.3 Å². The highest BCUT2D eigenvalue weighted by molar-refractivity contribution is 5.75. The molecule has 0 aliphatic carbocycles. The fraction of sp³-hybridized carbons (Fsp3) is 0.536. The van der Waals surface area contributed by atoms with Crippen LogP contribution in [0.1, 0.15) is 68.7 Å². The Morgan fingerprint density at radius 1 is 0.917 bits per heavy atom. The molecule has 0 fully saturated rings. The van der Waals surface area contributed by atoms with Crippen molar-refractivity contribution in [2.24, 2.45) is 7.05 Å². The number of aryl methyl sites for hydroxylation is 1. The Bertz CT molecular complexity index is 991. The molecule has 196 valence electrons. The van der Waals surface area contributed by atoms with Gasteiger partial charge in [-0.05, 0) is 56.4 Å². The maximum atomic E-state index is 12.3. The minimum atomic E-state index is 0.135. The van der Waals surface area contributed by atoms with Gasteiger partial charge in [-0.3, -0.25) is 9.69 Å². The Labute approximate surface area is 216 Å². The van der Waals surface area contributed by atoms with E-state index in [0.717, 1.165) is 62.8 Å². The Hall–Kier alpha value is -2.97. The van der Waals surface area contributed by atoms with Gasteiger partial charge in [-0.2, -0.15) is 0 Å². The third-order valence-corrected chi connectivity index (χ3v) is 6.34. The quantitative estimate of drug-likeness (QED) is 0.275. The zero-order chi connectivity index (χ0) is 25.6. The van der Waals surface area contributed by atoms with Crippen molar-refractivity contribution < 1.29 is 4.79 Å². The first-order chi connectivity index (χ1) is 17.6. The molecule has 1 aromatic carbocycles. The summed E-state index contributed by atoms with van der Waals surface area (Å²) in [5, 5.41) is 3.08. The number of carbonyl (C=O) groups is 1. The Balaban J connectivity index is 1.43. The predicted molar refractivity (Wildman–Crippen MR) is 144 cm³/mol. The molecule has 36 heavy (non-hydrogen) atoms. The monoisotopic (exact) mass is 493 g/mol. The van der Waals surface area contributed by atoms with Gasteiger partial charge in [0.1, 0.15) is 11.6 Å². The largest absolute Gasteiger partial charge is 0.352 e. The van der Waals surface area contributed by atoms with E-state index >= 15 is 0 Å². The lowest BCUT2D eigenvalue weighted by Gasteiger charge is -2.21. The number of imidazole rings is 2. The molecule has 0 saturated carbocycles. The zero-order valence-corrected chi connectivity index (χ0v) is 22.2. The molecule has 0 unspecified atom stereocenters. The molecule has 0 aliphatic rings. The second-order valence-electron chi connectivity index (χ2n) is 9.53. The van der Waals surface area contributed by atoms with Crippen LogP contribution in [0, 0.1) is 0 Å². The van der Waals surface area contributed by atoms with E-state index in [9.17, 15) is 4.79 Å². The highest BCUT2D eigenvalue weighted by atomic mass is 16.1. The van der Waals surface area contributed by atoms with Crippen LogP contribution in [0.4, 0.5) is 0 Å². The van der Waals surface area contributed by atoms with E-state index in [0.29, 0.717) is 19.5 Å². The maximum Gasteiger partial charge on any atom is 0.220 e. The molecule has 2 aromatic heterocycles. The standard InChI is InChI=1S/C28H43N7O/c1-4-16-34(17-5-2)18-7-6-8-28(36)32-20-24-9-11-25(12-10-24)21-35(22-26-29-13-14-30-26)23-27-31-15-19-33(27)3/h9-15,19H,4-8,16-18,20-23H2,1-3H3,(H,29,30)(H,32,36). The fourth-order valence-corrected chi connectivity index (χ4v) is 4.41. The van der Waals surface area contributed by atoms with Crippen LogP contribution in [0.15, 0.2) is 49.1 Å². The average molecular weight is 494 g/mol. The van der Waals surface area contributed by atoms with Crippen molar-refractivity contribution >= 4 is 5.91 Å². The molecule has 2 N–H and O–H groups in total. The first kappa shape index (κ1) is 27.6. The van der Waals surface area contributed by atoms with E-state index < -0.39 is 0 Å². The topological polar surface area (TPSA) is 82.1 Å². The van der Waals surface area contributed by atoms with E-state index in [1.165, 1.54) is 18.4 Å². The molecule has 0 atom stereocenters. The summed E-state index contributed by atoms with van der Waals surface area (Å²) in [7, 11) is 2.02. The Morgan fingerprint density at radius 3 is 2.31 bits per heavy atom. The minimum absolute atomic E-state index is 0.135. The highest BCUT2D eigenvalue weighted by Gasteiger charge is 2.12. The summed E-state index contributed by atoms with van der Waals surface area (Å²) in [4.78, 5) is 29.2. The second-order valence-corrected chi connectivity index (χ2v) is 9.53. The number of benzene rings is 1. The molecule has 0 saturated heterocycles. The summed E-state index contributed by atoms with van der Waals surface area (Å²) >= 11 is 0. The van der Waals surface area contributed by atoms with Gasteiger partial charge in [-0.15, -0.1) is 0 Å². The molecule has 3 aromatic rings. The maximum absolute atomic E-state index is 12.3. The normalized spacial score (nSPS) is 11.5. The molecule has 0 radical (unpaired) electrons. The number of unbranched alkanes of at least 4 members (excludes halogenated alkanes) is 1. The summed E-state index contributed by atoms with van der Waals surface area (Å²) < 4.78 is 2.05. The minimum Gasteiger partial charge on any atom is -0.352 e. The predicted octanol–water partition coefficient (Wildman–Crippen LogP) is 4.25. The molecule has 0 spiro atoms. The number of hydrogen-bond donors (Lipinski definition) is 2. The van der Waals surface area contributed by atoms with E-state index in [4.69, 9.17) is 0 Å². The van der Waals surface area contributed by atoms with Crippen molar-refractivity contribution in [1.29, 1.82) is 0 Å². The van der Waals surface area contributed by atoms with Crippen molar-refractivity contribution in [3.05, 3.63) is 71.8 Å². The number of aromatic amines is 1. The summed E-state index contributed by atoms with van der Waals surface area (Å²) in [6.07, 6.45) is 12.4. The van der Waals surface area contributed by atoms with E-state index in [1.807, 2.05) is 30.2 Å². The van der Waals surface area contributed by atoms with Crippen LogP contribution in [-0.2, 0) is 38.0 Å². The van der Waals surface area contributed by atoms with Gasteiger partial charge in [0.25, 0.3) is 0 Å². The van der Waals surface area contributed by atoms with Crippen molar-refractivity contribution in [1.82, 2.24) is 34.6 Å². The molecular weight excluding hydrogens is 450 g/mol. The van der Waals surface area contributed by atoms with Crippen LogP contribution in [-0.4, -0.2) is 54.9 Å². The third-order valence-electron chi connectivity index (χ3n) is 6.34. The Kier molecular flexibility index (Phi) is 11.7. The molecule has 3 rings (SSSR count). The lowest BCUT2D eigenvalue weighted by atomic mass is 10.1. The van der Waals surface area contributed by atoms with Crippen molar-refractivity contribution in [2.75, 3.05) is 19.6 Å². The van der Waals surface area contributed by atoms with Crippen molar-refractivity contribution in [2.45, 2.75) is 72.1 Å². The molecule has 8 nitrogen and oxygen atoms in total. The molecular formula is C28H43N7O. The smallest absolute Gasteiger partial charge is 0.220 e. The first-order valence-corrected chi connectivity index (χ1v) is 13.3. The Morgan fingerprint density at radius 2 is 1.67 bits per heavy atom. The number of nitrogens with one attached hydrogen (secondary N) is 2. The molecule has 1 amide bonds. The highest BCUT2D eigenvalue weighted by Crippen LogP contribution is 2.13. The molecule has 0 aliphatic heterocycles. The number of rotatable bonds is 17. The lowest BCUT2D eigenvalue weighted by molar-refractivity contribution is -0.121. The van der Waals surface area contributed by atoms with Gasteiger partial charge in [-0.25, -0.2) is 9.97 Å². The fourth-order valence-electron chi connectivity index (χ4n) is 4.41. The number of carbonyl (C=O) groups excluding carboxylic acids is 1. The van der Waals surface area contributed by atoms with E-state index in [-0.39, 0.29) is 5.91 Å². The van der Waals surface area contributed by atoms with Gasteiger partial charge in [-0.1, -0.05) is 38.1 Å². The first-order valence-electron chi connectivity index (χ1n) is 13.3. The summed E-state index contributed by atoms with van der Waals surface area (Å²) in [6, 6.07) is 8.50. The number of nitrogens with zero attached hydrogens (tertiary/aromatic N) is 5. The average Bonchev–Trinajstić information content (AvgIpc) is 3.53. The third kappa shape index (κ3) is 9.59. The van der Waals surface area contributed by atoms with Crippen LogP contribution in [0.3, 0.4) is 0 Å². The van der Waals surface area contributed by atoms with Crippen LogP contribution >= 0.6 is 0 Å². The number of amides is 1. The van der Waals surface area contributed by atoms with Crippen LogP contribution < -0.4 is 5.32 Å². The summed E-state index contributed by atoms with van der Waals surface area (Å²) in [5.41, 5.74) is 2.33. The summed E-state index contributed by atoms with van der Waals surface area (Å²) in [5.74, 6) is 2.09. The van der Waals surface area contributed by atoms with Gasteiger partial charge in [0.05, 0.1) is 13.1 Å². The van der Waals surface area contributed by atoms with E-state index in [1.54, 1.807) is 6.20 Å². The van der Waals surface area contributed by atoms with Crippen LogP contribution in [0.5, 0.6) is 0 Å². The number of hydrogen-bond acceptors (Lipinski definition) is 5. The SMILES string of the molecule is CCCN(CCC)CCCCC(=O)NCc1ccc(CN(Cc2ncc[nH]2)Cc2nccn2C)cc1. The van der Waals surface area contributed by atoms with Crippen LogP contribution in [0.25, 0.3) is 0 Å². The van der Waals surface area contributed by atoms with Gasteiger partial charge in [0.2, 0.25) is 5.91 Å². The molecule has 0 bridgehead atoms. The number of aromatic nitrogens is 4. The zero-order valence-electron chi connectivity index (χ0n) is 22.2. The van der Waals surface area contributed by atoms with Gasteiger partial charge in [0.15, 0.2) is 0 Å². The summed E-state index contributed by atoms with van der Waals surface area (Å²) in [6.45, 7) is 10.6. The molecule has 2 heterocycles. The van der Waals surface area contributed by atoms with Crippen molar-refractivity contribution in [3.63, 3.8) is 0 Å². The van der Waals surface area contributed by atoms with E-state index in [2.05, 4.69) is 68.2 Å². The van der Waals surface area contributed by atoms with Gasteiger partial charge < -0.3 is 19.8 Å². The molecule has 8 heteroatoms.